The molecule has 0 radical (unpaired) electrons. The monoisotopic (exact) mass is 347 g/mol. The molecular formula is C15H13F4NO2S. The molecule has 0 spiro atoms. The van der Waals surface area contributed by atoms with E-state index in [1.165, 1.54) is 12.1 Å². The van der Waals surface area contributed by atoms with Crippen LogP contribution in [0.5, 0.6) is 0 Å². The molecule has 3 nitrogen and oxygen atoms in total. The summed E-state index contributed by atoms with van der Waals surface area (Å²) in [6, 6.07) is 6.92. The van der Waals surface area contributed by atoms with E-state index >= 15 is 0 Å². The van der Waals surface area contributed by atoms with Gasteiger partial charge in [-0.3, -0.25) is 4.72 Å². The Morgan fingerprint density at radius 1 is 1.04 bits per heavy atom. The van der Waals surface area contributed by atoms with Crippen molar-refractivity contribution < 1.29 is 26.0 Å². The van der Waals surface area contributed by atoms with Crippen LogP contribution < -0.4 is 4.72 Å². The number of halogens is 4. The van der Waals surface area contributed by atoms with E-state index in [0.29, 0.717) is 24.1 Å². The van der Waals surface area contributed by atoms with Crippen molar-refractivity contribution in [3.63, 3.8) is 0 Å². The molecule has 2 rings (SSSR count). The Hall–Kier alpha value is -2.09. The zero-order valence-electron chi connectivity index (χ0n) is 12.0. The summed E-state index contributed by atoms with van der Waals surface area (Å²) in [4.78, 5) is -0.342. The van der Waals surface area contributed by atoms with Crippen molar-refractivity contribution in [3.05, 3.63) is 59.4 Å². The van der Waals surface area contributed by atoms with Gasteiger partial charge in [-0.25, -0.2) is 12.8 Å². The van der Waals surface area contributed by atoms with Gasteiger partial charge in [0.15, 0.2) is 0 Å². The zero-order chi connectivity index (χ0) is 17.3. The van der Waals surface area contributed by atoms with E-state index in [1.54, 1.807) is 6.92 Å². The SMILES string of the molecule is CCc1ccc(NS(=O)(=O)c2ccc(C(F)(F)F)cc2)cc1F. The van der Waals surface area contributed by atoms with Crippen LogP contribution in [-0.2, 0) is 22.6 Å². The highest BCUT2D eigenvalue weighted by Crippen LogP contribution is 2.30. The third-order valence-corrected chi connectivity index (χ3v) is 4.58. The summed E-state index contributed by atoms with van der Waals surface area (Å²) < 4.78 is 77.4. The molecule has 0 aliphatic rings. The third kappa shape index (κ3) is 4.01. The van der Waals surface area contributed by atoms with E-state index in [0.717, 1.165) is 18.2 Å². The first kappa shape index (κ1) is 17.3. The van der Waals surface area contributed by atoms with Crippen LogP contribution in [0.25, 0.3) is 0 Å². The van der Waals surface area contributed by atoms with E-state index < -0.39 is 27.6 Å². The van der Waals surface area contributed by atoms with Gasteiger partial charge in [0, 0.05) is 0 Å². The van der Waals surface area contributed by atoms with Gasteiger partial charge in [0.25, 0.3) is 10.0 Å². The minimum atomic E-state index is -4.55. The van der Waals surface area contributed by atoms with Crippen molar-refractivity contribution in [2.24, 2.45) is 0 Å². The fraction of sp³-hybridized carbons (Fsp3) is 0.200. The van der Waals surface area contributed by atoms with Crippen LogP contribution in [0.2, 0.25) is 0 Å². The minimum Gasteiger partial charge on any atom is -0.280 e. The second-order valence-electron chi connectivity index (χ2n) is 4.79. The number of sulfonamides is 1. The quantitative estimate of drug-likeness (QED) is 0.842. The number of nitrogens with one attached hydrogen (secondary N) is 1. The molecule has 2 aromatic rings. The van der Waals surface area contributed by atoms with Crippen molar-refractivity contribution in [1.82, 2.24) is 0 Å². The maximum atomic E-state index is 13.7. The maximum absolute atomic E-state index is 13.7. The Labute approximate surface area is 131 Å². The predicted octanol–water partition coefficient (Wildman–Crippen LogP) is 4.21. The molecule has 0 saturated carbocycles. The van der Waals surface area contributed by atoms with Crippen molar-refractivity contribution in [3.8, 4) is 0 Å². The molecule has 1 N–H and O–H groups in total. The molecule has 0 unspecified atom stereocenters. The Kier molecular flexibility index (Phi) is 4.65. The highest BCUT2D eigenvalue weighted by atomic mass is 32.2. The molecule has 0 aliphatic heterocycles. The summed E-state index contributed by atoms with van der Waals surface area (Å²) in [7, 11) is -4.10. The molecule has 2 aromatic carbocycles. The van der Waals surface area contributed by atoms with Gasteiger partial charge < -0.3 is 0 Å². The lowest BCUT2D eigenvalue weighted by Gasteiger charge is -2.11. The summed E-state index contributed by atoms with van der Waals surface area (Å²) in [6.45, 7) is 1.75. The van der Waals surface area contributed by atoms with Gasteiger partial charge in [-0.1, -0.05) is 13.0 Å². The highest BCUT2D eigenvalue weighted by Gasteiger charge is 2.30. The number of hydrogen-bond donors (Lipinski definition) is 1. The number of rotatable bonds is 4. The lowest BCUT2D eigenvalue weighted by molar-refractivity contribution is -0.137. The molecule has 0 aliphatic carbocycles. The number of alkyl halides is 3. The molecule has 124 valence electrons. The molecule has 8 heteroatoms. The van der Waals surface area contributed by atoms with Crippen LogP contribution >= 0.6 is 0 Å². The van der Waals surface area contributed by atoms with Crippen molar-refractivity contribution in [2.45, 2.75) is 24.4 Å². The van der Waals surface area contributed by atoms with Gasteiger partial charge >= 0.3 is 6.18 Å². The first-order chi connectivity index (χ1) is 10.6. The Balaban J connectivity index is 2.27. The van der Waals surface area contributed by atoms with E-state index in [2.05, 4.69) is 4.72 Å². The van der Waals surface area contributed by atoms with E-state index in [9.17, 15) is 26.0 Å². The zero-order valence-corrected chi connectivity index (χ0v) is 12.8. The van der Waals surface area contributed by atoms with Crippen molar-refractivity contribution in [2.75, 3.05) is 4.72 Å². The van der Waals surface area contributed by atoms with Crippen LogP contribution in [0.15, 0.2) is 47.4 Å². The van der Waals surface area contributed by atoms with Crippen molar-refractivity contribution in [1.29, 1.82) is 0 Å². The summed E-state index contributed by atoms with van der Waals surface area (Å²) in [5.74, 6) is -0.555. The predicted molar refractivity (Wildman–Crippen MR) is 78.0 cm³/mol. The van der Waals surface area contributed by atoms with Gasteiger partial charge in [0.2, 0.25) is 0 Å². The number of hydrogen-bond acceptors (Lipinski definition) is 2. The van der Waals surface area contributed by atoms with E-state index in [-0.39, 0.29) is 10.6 Å². The maximum Gasteiger partial charge on any atom is 0.416 e. The molecule has 0 atom stereocenters. The van der Waals surface area contributed by atoms with Crippen molar-refractivity contribution >= 4 is 15.7 Å². The van der Waals surface area contributed by atoms with Crippen LogP contribution in [-0.4, -0.2) is 8.42 Å². The smallest absolute Gasteiger partial charge is 0.280 e. The Morgan fingerprint density at radius 3 is 2.13 bits per heavy atom. The molecule has 0 aromatic heterocycles. The van der Waals surface area contributed by atoms with E-state index in [4.69, 9.17) is 0 Å². The summed E-state index contributed by atoms with van der Waals surface area (Å²) >= 11 is 0. The number of aryl methyl sites for hydroxylation is 1. The van der Waals surface area contributed by atoms with Crippen LogP contribution in [0.1, 0.15) is 18.1 Å². The van der Waals surface area contributed by atoms with Gasteiger partial charge in [-0.15, -0.1) is 0 Å². The molecular weight excluding hydrogens is 334 g/mol. The topological polar surface area (TPSA) is 46.2 Å². The molecule has 0 bridgehead atoms. The van der Waals surface area contributed by atoms with E-state index in [1.807, 2.05) is 0 Å². The standard InChI is InChI=1S/C15H13F4NO2S/c1-2-10-3-6-12(9-14(10)16)20-23(21,22)13-7-4-11(5-8-13)15(17,18)19/h3-9,20H,2H2,1H3. The molecule has 23 heavy (non-hydrogen) atoms. The first-order valence-corrected chi connectivity index (χ1v) is 8.10. The summed E-state index contributed by atoms with van der Waals surface area (Å²) in [6.07, 6.45) is -4.09. The van der Waals surface area contributed by atoms with Crippen LogP contribution in [0.3, 0.4) is 0 Å². The van der Waals surface area contributed by atoms with Gasteiger partial charge in [0.05, 0.1) is 16.1 Å². The lowest BCUT2D eigenvalue weighted by Crippen LogP contribution is -2.14. The summed E-state index contributed by atoms with van der Waals surface area (Å²) in [5, 5.41) is 0. The largest absolute Gasteiger partial charge is 0.416 e. The second kappa shape index (κ2) is 6.19. The third-order valence-electron chi connectivity index (χ3n) is 3.18. The Bertz CT molecular complexity index is 799. The lowest BCUT2D eigenvalue weighted by atomic mass is 10.1. The normalized spacial score (nSPS) is 12.2. The van der Waals surface area contributed by atoms with Crippen LogP contribution in [0, 0.1) is 5.82 Å². The molecule has 0 saturated heterocycles. The fourth-order valence-electron chi connectivity index (χ4n) is 1.93. The van der Waals surface area contributed by atoms with Gasteiger partial charge in [-0.05, 0) is 48.4 Å². The van der Waals surface area contributed by atoms with Gasteiger partial charge in [-0.2, -0.15) is 13.2 Å². The number of benzene rings is 2. The minimum absolute atomic E-state index is 0.000372. The van der Waals surface area contributed by atoms with Crippen LogP contribution in [0.4, 0.5) is 23.2 Å². The highest BCUT2D eigenvalue weighted by molar-refractivity contribution is 7.92. The molecule has 0 fully saturated rings. The average Bonchev–Trinajstić information content (AvgIpc) is 2.46. The second-order valence-corrected chi connectivity index (χ2v) is 6.47. The number of anilines is 1. The first-order valence-electron chi connectivity index (χ1n) is 6.62. The molecule has 0 heterocycles. The fourth-order valence-corrected chi connectivity index (χ4v) is 2.98. The van der Waals surface area contributed by atoms with Gasteiger partial charge in [0.1, 0.15) is 5.82 Å². The summed E-state index contributed by atoms with van der Waals surface area (Å²) in [5.41, 5.74) is -0.517. The Morgan fingerprint density at radius 2 is 1.65 bits per heavy atom. The molecule has 0 amide bonds. The average molecular weight is 347 g/mol.